The molecule has 0 spiro atoms. The van der Waals surface area contributed by atoms with Crippen molar-refractivity contribution in [2.24, 2.45) is 5.41 Å². The van der Waals surface area contributed by atoms with Crippen LogP contribution < -0.4 is 15.0 Å². The van der Waals surface area contributed by atoms with E-state index >= 15 is 0 Å². The van der Waals surface area contributed by atoms with Crippen LogP contribution in [0.1, 0.15) is 52.1 Å². The van der Waals surface area contributed by atoms with Gasteiger partial charge in [0.05, 0.1) is 17.4 Å². The second-order valence-corrected chi connectivity index (χ2v) is 8.93. The summed E-state index contributed by atoms with van der Waals surface area (Å²) in [5.41, 5.74) is 3.61. The average molecular weight is 418 g/mol. The Bertz CT molecular complexity index is 1100. The minimum Gasteiger partial charge on any atom is -0.427 e. The first-order chi connectivity index (χ1) is 14.7. The molecule has 0 aromatic heterocycles. The summed E-state index contributed by atoms with van der Waals surface area (Å²) in [5.74, 6) is -0.106. The summed E-state index contributed by atoms with van der Waals surface area (Å²) in [6.45, 7) is 7.02. The maximum absolute atomic E-state index is 13.4. The summed E-state index contributed by atoms with van der Waals surface area (Å²) in [6, 6.07) is 14.0. The SMILES string of the molecule is CC(=O)Oc1ccc([C@@H]2C3=C(CC(C)(C)CC3=O)Nc3ccccc3N2C(C)=O)cc1. The maximum atomic E-state index is 13.4. The van der Waals surface area contributed by atoms with Crippen molar-refractivity contribution >= 4 is 29.0 Å². The molecule has 0 unspecified atom stereocenters. The number of para-hydroxylation sites is 2. The van der Waals surface area contributed by atoms with Gasteiger partial charge in [-0.2, -0.15) is 0 Å². The van der Waals surface area contributed by atoms with E-state index in [-0.39, 0.29) is 17.1 Å². The molecular formula is C25H26N2O4. The van der Waals surface area contributed by atoms with Crippen LogP contribution in [-0.4, -0.2) is 17.7 Å². The van der Waals surface area contributed by atoms with E-state index in [0.717, 1.165) is 22.6 Å². The summed E-state index contributed by atoms with van der Waals surface area (Å²) in [5, 5.41) is 3.47. The normalized spacial score (nSPS) is 19.7. The van der Waals surface area contributed by atoms with Gasteiger partial charge in [-0.1, -0.05) is 38.1 Å². The third-order valence-corrected chi connectivity index (χ3v) is 5.70. The smallest absolute Gasteiger partial charge is 0.308 e. The van der Waals surface area contributed by atoms with Gasteiger partial charge in [-0.3, -0.25) is 19.3 Å². The minimum atomic E-state index is -0.571. The highest BCUT2D eigenvalue weighted by atomic mass is 16.5. The predicted octanol–water partition coefficient (Wildman–Crippen LogP) is 4.77. The molecule has 160 valence electrons. The zero-order valence-electron chi connectivity index (χ0n) is 18.2. The minimum absolute atomic E-state index is 0.0341. The van der Waals surface area contributed by atoms with Crippen LogP contribution in [0.15, 0.2) is 59.8 Å². The lowest BCUT2D eigenvalue weighted by molar-refractivity contribution is -0.132. The molecule has 1 aliphatic carbocycles. The van der Waals surface area contributed by atoms with Crippen LogP contribution >= 0.6 is 0 Å². The predicted molar refractivity (Wildman–Crippen MR) is 119 cm³/mol. The van der Waals surface area contributed by atoms with E-state index in [4.69, 9.17) is 4.74 Å². The highest BCUT2D eigenvalue weighted by Gasteiger charge is 2.42. The second kappa shape index (κ2) is 7.69. The molecule has 1 amide bonds. The Hall–Kier alpha value is -3.41. The topological polar surface area (TPSA) is 75.7 Å². The fourth-order valence-electron chi connectivity index (χ4n) is 4.53. The summed E-state index contributed by atoms with van der Waals surface area (Å²) in [4.78, 5) is 39.3. The van der Waals surface area contributed by atoms with Gasteiger partial charge in [0.25, 0.3) is 0 Å². The summed E-state index contributed by atoms with van der Waals surface area (Å²) >= 11 is 0. The summed E-state index contributed by atoms with van der Waals surface area (Å²) in [6.07, 6.45) is 1.12. The van der Waals surface area contributed by atoms with E-state index in [1.54, 1.807) is 17.0 Å². The number of anilines is 2. The van der Waals surface area contributed by atoms with Gasteiger partial charge in [0.15, 0.2) is 5.78 Å². The lowest BCUT2D eigenvalue weighted by Gasteiger charge is -2.36. The first-order valence-electron chi connectivity index (χ1n) is 10.4. The largest absolute Gasteiger partial charge is 0.427 e. The molecule has 6 nitrogen and oxygen atoms in total. The van der Waals surface area contributed by atoms with Crippen LogP contribution in [0.3, 0.4) is 0 Å². The van der Waals surface area contributed by atoms with E-state index in [1.807, 2.05) is 36.4 Å². The second-order valence-electron chi connectivity index (χ2n) is 8.93. The molecule has 1 heterocycles. The third-order valence-electron chi connectivity index (χ3n) is 5.70. The van der Waals surface area contributed by atoms with Crippen LogP contribution in [0.5, 0.6) is 5.75 Å². The van der Waals surface area contributed by atoms with Gasteiger partial charge < -0.3 is 10.1 Å². The number of hydrogen-bond donors (Lipinski definition) is 1. The zero-order valence-corrected chi connectivity index (χ0v) is 18.2. The lowest BCUT2D eigenvalue weighted by atomic mass is 9.73. The Kier molecular flexibility index (Phi) is 5.17. The zero-order chi connectivity index (χ0) is 22.3. The van der Waals surface area contributed by atoms with Gasteiger partial charge in [-0.05, 0) is 41.7 Å². The van der Waals surface area contributed by atoms with E-state index in [1.165, 1.54) is 13.8 Å². The van der Waals surface area contributed by atoms with Crippen LogP contribution in [0, 0.1) is 5.41 Å². The monoisotopic (exact) mass is 418 g/mol. The number of ketones is 1. The van der Waals surface area contributed by atoms with Crippen molar-refractivity contribution in [2.75, 3.05) is 10.2 Å². The van der Waals surface area contributed by atoms with Gasteiger partial charge in [0.2, 0.25) is 5.91 Å². The molecule has 0 radical (unpaired) electrons. The van der Waals surface area contributed by atoms with Gasteiger partial charge >= 0.3 is 5.97 Å². The molecule has 31 heavy (non-hydrogen) atoms. The number of benzene rings is 2. The van der Waals surface area contributed by atoms with Crippen LogP contribution in [0.25, 0.3) is 0 Å². The molecule has 0 saturated heterocycles. The molecule has 1 N–H and O–H groups in total. The van der Waals surface area contributed by atoms with Crippen LogP contribution in [0.2, 0.25) is 0 Å². The Morgan fingerprint density at radius 3 is 2.35 bits per heavy atom. The molecule has 0 bridgehead atoms. The van der Waals surface area contributed by atoms with Crippen molar-refractivity contribution < 1.29 is 19.1 Å². The Labute approximate surface area is 181 Å². The highest BCUT2D eigenvalue weighted by molar-refractivity contribution is 6.05. The molecule has 0 saturated carbocycles. The molecule has 2 aromatic rings. The number of carbonyl (C=O) groups excluding carboxylic acids is 3. The maximum Gasteiger partial charge on any atom is 0.308 e. The number of allylic oxidation sites excluding steroid dienone is 1. The summed E-state index contributed by atoms with van der Waals surface area (Å²) < 4.78 is 5.16. The first kappa shape index (κ1) is 20.8. The van der Waals surface area contributed by atoms with Crippen molar-refractivity contribution in [3.63, 3.8) is 0 Å². The standard InChI is InChI=1S/C25H26N2O4/c1-15(28)27-21-8-6-5-7-19(21)26-20-13-25(3,4)14-22(30)23(20)24(27)17-9-11-18(12-10-17)31-16(2)29/h5-12,24,26H,13-14H2,1-4H3/t24-/m1/s1. The van der Waals surface area contributed by atoms with E-state index < -0.39 is 12.0 Å². The molecule has 6 heteroatoms. The lowest BCUT2D eigenvalue weighted by Crippen LogP contribution is -2.38. The van der Waals surface area contributed by atoms with Crippen LogP contribution in [0.4, 0.5) is 11.4 Å². The number of amides is 1. The first-order valence-corrected chi connectivity index (χ1v) is 10.4. The number of nitrogens with one attached hydrogen (secondary N) is 1. The molecule has 2 aliphatic rings. The average Bonchev–Trinajstić information content (AvgIpc) is 2.81. The van der Waals surface area contributed by atoms with Crippen molar-refractivity contribution in [1.82, 2.24) is 0 Å². The van der Waals surface area contributed by atoms with Gasteiger partial charge in [-0.15, -0.1) is 0 Å². The fourth-order valence-corrected chi connectivity index (χ4v) is 4.53. The van der Waals surface area contributed by atoms with Gasteiger partial charge in [-0.25, -0.2) is 0 Å². The number of fused-ring (bicyclic) bond motifs is 1. The molecule has 4 rings (SSSR count). The number of rotatable bonds is 2. The number of ether oxygens (including phenoxy) is 1. The van der Waals surface area contributed by atoms with Crippen molar-refractivity contribution in [3.8, 4) is 5.75 Å². The fraction of sp³-hybridized carbons (Fsp3) is 0.320. The van der Waals surface area contributed by atoms with E-state index in [9.17, 15) is 14.4 Å². The molecule has 1 aliphatic heterocycles. The number of nitrogens with zero attached hydrogens (tertiary/aromatic N) is 1. The van der Waals surface area contributed by atoms with Gasteiger partial charge in [0, 0.05) is 31.5 Å². The van der Waals surface area contributed by atoms with Gasteiger partial charge in [0.1, 0.15) is 5.75 Å². The molecular weight excluding hydrogens is 392 g/mol. The van der Waals surface area contributed by atoms with E-state index in [2.05, 4.69) is 19.2 Å². The number of hydrogen-bond acceptors (Lipinski definition) is 5. The molecule has 1 atom stereocenters. The highest BCUT2D eigenvalue weighted by Crippen LogP contribution is 2.48. The number of esters is 1. The number of carbonyl (C=O) groups is 3. The van der Waals surface area contributed by atoms with Crippen molar-refractivity contribution in [2.45, 2.75) is 46.6 Å². The van der Waals surface area contributed by atoms with Crippen LogP contribution in [-0.2, 0) is 14.4 Å². The third kappa shape index (κ3) is 3.98. The quantitative estimate of drug-likeness (QED) is 0.561. The number of Topliss-reactive ketones (excluding diaryl/α,β-unsaturated/α-hetero) is 1. The van der Waals surface area contributed by atoms with Crippen molar-refractivity contribution in [1.29, 1.82) is 0 Å². The van der Waals surface area contributed by atoms with E-state index in [0.29, 0.717) is 24.2 Å². The van der Waals surface area contributed by atoms with Crippen molar-refractivity contribution in [3.05, 3.63) is 65.4 Å². The molecule has 2 aromatic carbocycles. The Morgan fingerprint density at radius 1 is 1.03 bits per heavy atom. The Balaban J connectivity index is 1.92. The summed E-state index contributed by atoms with van der Waals surface area (Å²) in [7, 11) is 0. The molecule has 0 fully saturated rings. The Morgan fingerprint density at radius 2 is 1.71 bits per heavy atom.